The number of hydrogen-bond donors (Lipinski definition) is 0. The predicted molar refractivity (Wildman–Crippen MR) is 98.8 cm³/mol. The van der Waals surface area contributed by atoms with Gasteiger partial charge in [0.1, 0.15) is 0 Å². The molecule has 2 heterocycles. The average molecular weight is 351 g/mol. The molecule has 3 rings (SSSR count). The number of hydrogen-bond acceptors (Lipinski definition) is 4. The lowest BCUT2D eigenvalue weighted by molar-refractivity contribution is -0.133. The largest absolute Gasteiger partial charge is 0.369 e. The van der Waals surface area contributed by atoms with Crippen molar-refractivity contribution in [1.29, 1.82) is 0 Å². The van der Waals surface area contributed by atoms with Gasteiger partial charge < -0.3 is 14.7 Å². The summed E-state index contributed by atoms with van der Waals surface area (Å²) in [5.74, 6) is 0.309. The molecule has 132 valence electrons. The van der Waals surface area contributed by atoms with E-state index in [4.69, 9.17) is 11.6 Å². The molecule has 2 fully saturated rings. The summed E-state index contributed by atoms with van der Waals surface area (Å²) < 4.78 is 0. The number of carbonyl (C=O) groups excluding carboxylic acids is 1. The van der Waals surface area contributed by atoms with E-state index in [0.717, 1.165) is 63.9 Å². The topological polar surface area (TPSA) is 30.0 Å². The lowest BCUT2D eigenvalue weighted by atomic mass is 10.2. The second-order valence-corrected chi connectivity index (χ2v) is 7.18. The van der Waals surface area contributed by atoms with Gasteiger partial charge in [0.2, 0.25) is 5.91 Å². The Balaban J connectivity index is 1.39. The van der Waals surface area contributed by atoms with Crippen LogP contribution in [-0.2, 0) is 4.79 Å². The van der Waals surface area contributed by atoms with Crippen LogP contribution in [0.4, 0.5) is 5.69 Å². The minimum atomic E-state index is 0.309. The molecule has 6 heteroatoms. The first-order chi connectivity index (χ1) is 11.6. The van der Waals surface area contributed by atoms with Crippen molar-refractivity contribution >= 4 is 23.2 Å². The van der Waals surface area contributed by atoms with Crippen molar-refractivity contribution in [2.24, 2.45) is 0 Å². The van der Waals surface area contributed by atoms with Crippen LogP contribution in [0.25, 0.3) is 0 Å². The summed E-state index contributed by atoms with van der Waals surface area (Å²) >= 11 is 5.95. The first-order valence-corrected chi connectivity index (χ1v) is 9.19. The van der Waals surface area contributed by atoms with E-state index in [1.165, 1.54) is 5.69 Å². The molecular formula is C18H27ClN4O. The molecule has 24 heavy (non-hydrogen) atoms. The molecule has 5 nitrogen and oxygen atoms in total. The zero-order valence-electron chi connectivity index (χ0n) is 14.5. The second kappa shape index (κ2) is 8.19. The Labute approximate surface area is 149 Å². The third-order valence-corrected chi connectivity index (χ3v) is 5.31. The fraction of sp³-hybridized carbons (Fsp3) is 0.611. The van der Waals surface area contributed by atoms with Crippen molar-refractivity contribution in [3.8, 4) is 0 Å². The van der Waals surface area contributed by atoms with Crippen LogP contribution >= 0.6 is 11.6 Å². The first kappa shape index (κ1) is 17.5. The molecule has 2 aliphatic rings. The highest BCUT2D eigenvalue weighted by Gasteiger charge is 2.21. The molecule has 1 aromatic carbocycles. The van der Waals surface area contributed by atoms with E-state index in [2.05, 4.69) is 33.9 Å². The van der Waals surface area contributed by atoms with Gasteiger partial charge >= 0.3 is 0 Å². The smallest absolute Gasteiger partial charge is 0.223 e. The molecule has 1 aromatic rings. The molecule has 2 saturated heterocycles. The molecule has 0 bridgehead atoms. The van der Waals surface area contributed by atoms with Crippen LogP contribution in [-0.4, -0.2) is 86.6 Å². The maximum Gasteiger partial charge on any atom is 0.223 e. The lowest BCUT2D eigenvalue weighted by Gasteiger charge is -2.37. The third kappa shape index (κ3) is 4.62. The summed E-state index contributed by atoms with van der Waals surface area (Å²) in [7, 11) is 2.11. The maximum absolute atomic E-state index is 12.3. The highest BCUT2D eigenvalue weighted by molar-refractivity contribution is 6.30. The molecule has 2 aliphatic heterocycles. The van der Waals surface area contributed by atoms with Crippen molar-refractivity contribution in [3.63, 3.8) is 0 Å². The van der Waals surface area contributed by atoms with Gasteiger partial charge in [-0.2, -0.15) is 0 Å². The predicted octanol–water partition coefficient (Wildman–Crippen LogP) is 1.63. The molecule has 0 aromatic heterocycles. The van der Waals surface area contributed by atoms with E-state index in [-0.39, 0.29) is 0 Å². The van der Waals surface area contributed by atoms with E-state index in [1.807, 2.05) is 17.0 Å². The van der Waals surface area contributed by atoms with E-state index in [9.17, 15) is 4.79 Å². The summed E-state index contributed by atoms with van der Waals surface area (Å²) in [5.41, 5.74) is 1.23. The Morgan fingerprint density at radius 1 is 0.958 bits per heavy atom. The number of carbonyl (C=O) groups is 1. The number of nitrogens with zero attached hydrogens (tertiary/aromatic N) is 4. The third-order valence-electron chi connectivity index (χ3n) is 5.06. The van der Waals surface area contributed by atoms with E-state index < -0.39 is 0 Å². The van der Waals surface area contributed by atoms with Crippen molar-refractivity contribution in [1.82, 2.24) is 14.7 Å². The summed E-state index contributed by atoms with van der Waals surface area (Å²) in [6.07, 6.45) is 0.644. The Hall–Kier alpha value is -1.30. The molecule has 0 unspecified atom stereocenters. The fourth-order valence-corrected chi connectivity index (χ4v) is 3.48. The van der Waals surface area contributed by atoms with Gasteiger partial charge in [0.25, 0.3) is 0 Å². The van der Waals surface area contributed by atoms with Crippen LogP contribution in [0.5, 0.6) is 0 Å². The number of amides is 1. The highest BCUT2D eigenvalue weighted by atomic mass is 35.5. The second-order valence-electron chi connectivity index (χ2n) is 6.74. The quantitative estimate of drug-likeness (QED) is 0.825. The SMILES string of the molecule is CN1CCN(C(=O)CCN2CCN(c3ccc(Cl)cc3)CC2)CC1. The van der Waals surface area contributed by atoms with Crippen LogP contribution in [0, 0.1) is 0 Å². The minimum absolute atomic E-state index is 0.309. The van der Waals surface area contributed by atoms with Gasteiger partial charge in [-0.25, -0.2) is 0 Å². The van der Waals surface area contributed by atoms with Gasteiger partial charge in [0, 0.05) is 76.0 Å². The number of piperazine rings is 2. The first-order valence-electron chi connectivity index (χ1n) is 8.81. The van der Waals surface area contributed by atoms with Crippen LogP contribution < -0.4 is 4.90 Å². The Bertz CT molecular complexity index is 534. The minimum Gasteiger partial charge on any atom is -0.369 e. The summed E-state index contributed by atoms with van der Waals surface area (Å²) in [6, 6.07) is 8.04. The average Bonchev–Trinajstić information content (AvgIpc) is 2.61. The molecule has 0 N–H and O–H groups in total. The van der Waals surface area contributed by atoms with Gasteiger partial charge in [-0.15, -0.1) is 0 Å². The monoisotopic (exact) mass is 350 g/mol. The van der Waals surface area contributed by atoms with Crippen LogP contribution in [0.2, 0.25) is 5.02 Å². The highest BCUT2D eigenvalue weighted by Crippen LogP contribution is 2.19. The van der Waals surface area contributed by atoms with Gasteiger partial charge in [-0.3, -0.25) is 9.69 Å². The molecule has 0 spiro atoms. The molecule has 0 atom stereocenters. The van der Waals surface area contributed by atoms with Crippen LogP contribution in [0.1, 0.15) is 6.42 Å². The molecule has 0 saturated carbocycles. The van der Waals surface area contributed by atoms with E-state index in [1.54, 1.807) is 0 Å². The van der Waals surface area contributed by atoms with Crippen molar-refractivity contribution in [3.05, 3.63) is 29.3 Å². The normalized spacial score (nSPS) is 20.4. The molecular weight excluding hydrogens is 324 g/mol. The van der Waals surface area contributed by atoms with Gasteiger partial charge in [0.05, 0.1) is 0 Å². The number of likely N-dealkylation sites (N-methyl/N-ethyl adjacent to an activating group) is 1. The van der Waals surface area contributed by atoms with Crippen LogP contribution in [0.15, 0.2) is 24.3 Å². The summed E-state index contributed by atoms with van der Waals surface area (Å²) in [5, 5.41) is 0.778. The Kier molecular flexibility index (Phi) is 5.98. The zero-order valence-corrected chi connectivity index (χ0v) is 15.2. The summed E-state index contributed by atoms with van der Waals surface area (Å²) in [6.45, 7) is 8.64. The summed E-state index contributed by atoms with van der Waals surface area (Å²) in [4.78, 5) is 21.4. The number of halogens is 1. The molecule has 0 radical (unpaired) electrons. The molecule has 1 amide bonds. The van der Waals surface area contributed by atoms with E-state index in [0.29, 0.717) is 12.3 Å². The Morgan fingerprint density at radius 3 is 2.21 bits per heavy atom. The number of rotatable bonds is 4. The lowest BCUT2D eigenvalue weighted by Crippen LogP contribution is -2.49. The van der Waals surface area contributed by atoms with Crippen molar-refractivity contribution in [2.45, 2.75) is 6.42 Å². The molecule has 0 aliphatic carbocycles. The van der Waals surface area contributed by atoms with E-state index >= 15 is 0 Å². The van der Waals surface area contributed by atoms with Gasteiger partial charge in [-0.05, 0) is 31.3 Å². The zero-order chi connectivity index (χ0) is 16.9. The van der Waals surface area contributed by atoms with Gasteiger partial charge in [0.15, 0.2) is 0 Å². The van der Waals surface area contributed by atoms with Crippen molar-refractivity contribution in [2.75, 3.05) is 70.9 Å². The maximum atomic E-state index is 12.3. The number of anilines is 1. The Morgan fingerprint density at radius 2 is 1.58 bits per heavy atom. The fourth-order valence-electron chi connectivity index (χ4n) is 3.35. The van der Waals surface area contributed by atoms with Crippen LogP contribution in [0.3, 0.4) is 0 Å². The van der Waals surface area contributed by atoms with Crippen molar-refractivity contribution < 1.29 is 4.79 Å². The van der Waals surface area contributed by atoms with Gasteiger partial charge in [-0.1, -0.05) is 11.6 Å². The standard InChI is InChI=1S/C18H27ClN4O/c1-20-8-12-23(13-9-20)18(24)6-7-21-10-14-22(15-11-21)17-4-2-16(19)3-5-17/h2-5H,6-15H2,1H3. The number of benzene rings is 1.